The maximum Gasteiger partial charge on any atom is 0.324 e. The van der Waals surface area contributed by atoms with E-state index < -0.39 is 12.1 Å². The van der Waals surface area contributed by atoms with Gasteiger partial charge >= 0.3 is 6.03 Å². The SMILES string of the molecule is O=C(CCC1NC(=O)N(CCc2ccccc2)C1=O)NCCc1nnc2ccccn12. The maximum atomic E-state index is 12.5. The zero-order valence-electron chi connectivity index (χ0n) is 17.0. The molecule has 4 rings (SSSR count). The van der Waals surface area contributed by atoms with Gasteiger partial charge in [0.15, 0.2) is 5.65 Å². The first kappa shape index (κ1) is 20.5. The Balaban J connectivity index is 1.20. The van der Waals surface area contributed by atoms with Crippen molar-refractivity contribution in [2.75, 3.05) is 13.1 Å². The molecule has 3 heterocycles. The second-order valence-electron chi connectivity index (χ2n) is 7.41. The molecule has 2 N–H and O–H groups in total. The second kappa shape index (κ2) is 9.38. The number of amides is 4. The summed E-state index contributed by atoms with van der Waals surface area (Å²) in [4.78, 5) is 38.1. The normalized spacial score (nSPS) is 16.0. The van der Waals surface area contributed by atoms with E-state index in [9.17, 15) is 14.4 Å². The topological polar surface area (TPSA) is 109 Å². The average Bonchev–Trinajstić information content (AvgIpc) is 3.32. The van der Waals surface area contributed by atoms with Gasteiger partial charge in [0.2, 0.25) is 5.91 Å². The van der Waals surface area contributed by atoms with E-state index in [1.807, 2.05) is 59.1 Å². The van der Waals surface area contributed by atoms with Crippen molar-refractivity contribution in [3.63, 3.8) is 0 Å². The minimum atomic E-state index is -0.658. The van der Waals surface area contributed by atoms with Crippen LogP contribution in [0.1, 0.15) is 24.2 Å². The molecule has 0 spiro atoms. The third-order valence-corrected chi connectivity index (χ3v) is 5.29. The van der Waals surface area contributed by atoms with Gasteiger partial charge in [-0.3, -0.25) is 18.9 Å². The van der Waals surface area contributed by atoms with Gasteiger partial charge in [0, 0.05) is 32.1 Å². The fourth-order valence-electron chi connectivity index (χ4n) is 3.61. The Labute approximate surface area is 179 Å². The van der Waals surface area contributed by atoms with Crippen molar-refractivity contribution in [1.82, 2.24) is 30.1 Å². The van der Waals surface area contributed by atoms with Gasteiger partial charge < -0.3 is 10.6 Å². The lowest BCUT2D eigenvalue weighted by molar-refractivity contribution is -0.127. The molecular weight excluding hydrogens is 396 g/mol. The van der Waals surface area contributed by atoms with Crippen LogP contribution in [0.4, 0.5) is 4.79 Å². The van der Waals surface area contributed by atoms with Crippen molar-refractivity contribution in [3.05, 3.63) is 66.1 Å². The van der Waals surface area contributed by atoms with Crippen LogP contribution in [-0.2, 0) is 22.4 Å². The van der Waals surface area contributed by atoms with Gasteiger partial charge in [0.05, 0.1) is 0 Å². The molecule has 0 bridgehead atoms. The van der Waals surface area contributed by atoms with Gasteiger partial charge in [-0.2, -0.15) is 0 Å². The number of nitrogens with one attached hydrogen (secondary N) is 2. The standard InChI is InChI=1S/C22H24N6O3/c29-20(23-13-11-19-26-25-18-8-4-5-14-27(18)19)10-9-17-21(30)28(22(31)24-17)15-12-16-6-2-1-3-7-16/h1-8,14,17H,9-13,15H2,(H,23,29)(H,24,31). The third kappa shape index (κ3) is 4.88. The van der Waals surface area contributed by atoms with Crippen molar-refractivity contribution in [1.29, 1.82) is 0 Å². The van der Waals surface area contributed by atoms with Crippen LogP contribution in [0.25, 0.3) is 5.65 Å². The Kier molecular flexibility index (Phi) is 6.21. The van der Waals surface area contributed by atoms with Gasteiger partial charge in [-0.25, -0.2) is 4.79 Å². The zero-order chi connectivity index (χ0) is 21.6. The Morgan fingerprint density at radius 3 is 2.68 bits per heavy atom. The number of imide groups is 1. The number of hydrogen-bond acceptors (Lipinski definition) is 5. The zero-order valence-corrected chi connectivity index (χ0v) is 17.0. The van der Waals surface area contributed by atoms with E-state index in [-0.39, 0.29) is 24.7 Å². The van der Waals surface area contributed by atoms with Gasteiger partial charge in [-0.15, -0.1) is 10.2 Å². The van der Waals surface area contributed by atoms with Crippen LogP contribution in [0.15, 0.2) is 54.7 Å². The molecule has 2 aromatic heterocycles. The summed E-state index contributed by atoms with van der Waals surface area (Å²) in [5.41, 5.74) is 1.82. The monoisotopic (exact) mass is 420 g/mol. The molecular formula is C22H24N6O3. The molecule has 1 saturated heterocycles. The Morgan fingerprint density at radius 1 is 1.03 bits per heavy atom. The molecule has 9 heteroatoms. The van der Waals surface area contributed by atoms with E-state index in [4.69, 9.17) is 0 Å². The molecule has 1 unspecified atom stereocenters. The fraction of sp³-hybridized carbons (Fsp3) is 0.318. The number of rotatable bonds is 9. The van der Waals surface area contributed by atoms with E-state index in [2.05, 4.69) is 20.8 Å². The summed E-state index contributed by atoms with van der Waals surface area (Å²) in [6, 6.07) is 14.3. The van der Waals surface area contributed by atoms with Crippen LogP contribution in [-0.4, -0.2) is 56.5 Å². The number of hydrogen-bond donors (Lipinski definition) is 2. The number of benzene rings is 1. The first-order chi connectivity index (χ1) is 15.1. The van der Waals surface area contributed by atoms with Crippen molar-refractivity contribution < 1.29 is 14.4 Å². The smallest absolute Gasteiger partial charge is 0.324 e. The lowest BCUT2D eigenvalue weighted by atomic mass is 10.1. The van der Waals surface area contributed by atoms with Crippen LogP contribution >= 0.6 is 0 Å². The number of aromatic nitrogens is 3. The van der Waals surface area contributed by atoms with Crippen molar-refractivity contribution in [2.45, 2.75) is 31.7 Å². The predicted molar refractivity (Wildman–Crippen MR) is 113 cm³/mol. The van der Waals surface area contributed by atoms with Crippen molar-refractivity contribution in [3.8, 4) is 0 Å². The number of nitrogens with zero attached hydrogens (tertiary/aromatic N) is 4. The molecule has 4 amide bonds. The minimum absolute atomic E-state index is 0.157. The molecule has 1 aliphatic rings. The lowest BCUT2D eigenvalue weighted by Crippen LogP contribution is -2.34. The lowest BCUT2D eigenvalue weighted by Gasteiger charge is -2.13. The van der Waals surface area contributed by atoms with Crippen LogP contribution in [0.3, 0.4) is 0 Å². The average molecular weight is 420 g/mol. The molecule has 160 valence electrons. The highest BCUT2D eigenvalue weighted by atomic mass is 16.2. The molecule has 31 heavy (non-hydrogen) atoms. The van der Waals surface area contributed by atoms with Crippen molar-refractivity contribution >= 4 is 23.5 Å². The largest absolute Gasteiger partial charge is 0.356 e. The van der Waals surface area contributed by atoms with E-state index in [1.165, 1.54) is 4.90 Å². The molecule has 9 nitrogen and oxygen atoms in total. The number of fused-ring (bicyclic) bond motifs is 1. The van der Waals surface area contributed by atoms with Crippen LogP contribution < -0.4 is 10.6 Å². The van der Waals surface area contributed by atoms with E-state index in [1.54, 1.807) is 0 Å². The van der Waals surface area contributed by atoms with Gasteiger partial charge in [-0.05, 0) is 30.5 Å². The summed E-state index contributed by atoms with van der Waals surface area (Å²) >= 11 is 0. The Morgan fingerprint density at radius 2 is 1.84 bits per heavy atom. The maximum absolute atomic E-state index is 12.5. The van der Waals surface area contributed by atoms with Crippen LogP contribution in [0, 0.1) is 0 Å². The summed E-state index contributed by atoms with van der Waals surface area (Å²) in [6.07, 6.45) is 3.45. The number of carbonyl (C=O) groups excluding carboxylic acids is 3. The fourth-order valence-corrected chi connectivity index (χ4v) is 3.61. The molecule has 0 radical (unpaired) electrons. The minimum Gasteiger partial charge on any atom is -0.356 e. The molecule has 1 fully saturated rings. The predicted octanol–water partition coefficient (Wildman–Crippen LogP) is 1.33. The molecule has 0 aliphatic carbocycles. The highest BCUT2D eigenvalue weighted by Crippen LogP contribution is 2.13. The van der Waals surface area contributed by atoms with E-state index >= 15 is 0 Å². The first-order valence-electron chi connectivity index (χ1n) is 10.3. The first-order valence-corrected chi connectivity index (χ1v) is 10.3. The molecule has 1 atom stereocenters. The summed E-state index contributed by atoms with van der Waals surface area (Å²) in [6.45, 7) is 0.742. The Bertz CT molecular complexity index is 1080. The van der Waals surface area contributed by atoms with E-state index in [0.29, 0.717) is 25.9 Å². The summed E-state index contributed by atoms with van der Waals surface area (Å²) in [5.74, 6) is 0.324. The summed E-state index contributed by atoms with van der Waals surface area (Å²) < 4.78 is 1.88. The number of urea groups is 1. The van der Waals surface area contributed by atoms with Crippen LogP contribution in [0.5, 0.6) is 0 Å². The highest BCUT2D eigenvalue weighted by Gasteiger charge is 2.37. The second-order valence-corrected chi connectivity index (χ2v) is 7.41. The summed E-state index contributed by atoms with van der Waals surface area (Å²) in [5, 5.41) is 13.7. The Hall–Kier alpha value is -3.75. The molecule has 0 saturated carbocycles. The van der Waals surface area contributed by atoms with E-state index in [0.717, 1.165) is 17.0 Å². The molecule has 1 aromatic carbocycles. The highest BCUT2D eigenvalue weighted by molar-refractivity contribution is 6.04. The van der Waals surface area contributed by atoms with Gasteiger partial charge in [0.1, 0.15) is 11.9 Å². The number of carbonyl (C=O) groups is 3. The molecule has 3 aromatic rings. The van der Waals surface area contributed by atoms with Crippen molar-refractivity contribution in [2.24, 2.45) is 0 Å². The third-order valence-electron chi connectivity index (χ3n) is 5.29. The summed E-state index contributed by atoms with van der Waals surface area (Å²) in [7, 11) is 0. The van der Waals surface area contributed by atoms with Crippen LogP contribution in [0.2, 0.25) is 0 Å². The number of pyridine rings is 1. The van der Waals surface area contributed by atoms with Gasteiger partial charge in [-0.1, -0.05) is 36.4 Å². The quantitative estimate of drug-likeness (QED) is 0.508. The van der Waals surface area contributed by atoms with Gasteiger partial charge in [0.25, 0.3) is 5.91 Å². The molecule has 1 aliphatic heterocycles.